The summed E-state index contributed by atoms with van der Waals surface area (Å²) in [6.07, 6.45) is 0. The molecule has 0 unspecified atom stereocenters. The topological polar surface area (TPSA) is 70.2 Å². The second kappa shape index (κ2) is 10.2. The lowest BCUT2D eigenvalue weighted by molar-refractivity contribution is -0.129. The molecule has 3 aromatic rings. The predicted molar refractivity (Wildman–Crippen MR) is 134 cm³/mol. The average molecular weight is 480 g/mol. The number of hydrogen-bond donors (Lipinski definition) is 0. The van der Waals surface area contributed by atoms with Crippen molar-refractivity contribution >= 4 is 27.3 Å². The van der Waals surface area contributed by atoms with E-state index in [4.69, 9.17) is 4.74 Å². The number of piperazine rings is 1. The van der Waals surface area contributed by atoms with Crippen LogP contribution in [0, 0.1) is 6.92 Å². The largest absolute Gasteiger partial charge is 0.495 e. The molecule has 0 radical (unpaired) electrons. The number of methoxy groups -OCH3 is 1. The maximum Gasteiger partial charge on any atom is 0.264 e. The van der Waals surface area contributed by atoms with Crippen molar-refractivity contribution in [1.29, 1.82) is 0 Å². The molecule has 0 spiro atoms. The molecule has 1 aliphatic rings. The Balaban J connectivity index is 1.59. The SMILES string of the molecule is COc1ccc(C)cc1N(CC(=O)N1CCN(c2ccccc2)CC1)S(=O)(=O)c1ccccc1. The minimum atomic E-state index is -4.00. The molecule has 0 N–H and O–H groups in total. The summed E-state index contributed by atoms with van der Waals surface area (Å²) in [5.41, 5.74) is 2.34. The molecule has 7 nitrogen and oxygen atoms in total. The van der Waals surface area contributed by atoms with Gasteiger partial charge in [-0.25, -0.2) is 8.42 Å². The Labute approximate surface area is 201 Å². The van der Waals surface area contributed by atoms with Crippen LogP contribution in [0.3, 0.4) is 0 Å². The number of carbonyl (C=O) groups excluding carboxylic acids is 1. The van der Waals surface area contributed by atoms with Crippen LogP contribution in [0.4, 0.5) is 11.4 Å². The van der Waals surface area contributed by atoms with Crippen LogP contribution in [0.15, 0.2) is 83.8 Å². The molecule has 1 fully saturated rings. The number of hydrogen-bond acceptors (Lipinski definition) is 5. The zero-order chi connectivity index (χ0) is 24.1. The van der Waals surface area contributed by atoms with Gasteiger partial charge in [0.15, 0.2) is 0 Å². The number of sulfonamides is 1. The van der Waals surface area contributed by atoms with Crippen LogP contribution in [-0.4, -0.2) is 59.1 Å². The third-order valence-electron chi connectivity index (χ3n) is 5.97. The fourth-order valence-corrected chi connectivity index (χ4v) is 5.53. The summed E-state index contributed by atoms with van der Waals surface area (Å²) in [6.45, 7) is 4.00. The summed E-state index contributed by atoms with van der Waals surface area (Å²) in [4.78, 5) is 17.4. The number of rotatable bonds is 7. The van der Waals surface area contributed by atoms with E-state index >= 15 is 0 Å². The zero-order valence-corrected chi connectivity index (χ0v) is 20.2. The van der Waals surface area contributed by atoms with E-state index in [1.165, 1.54) is 23.5 Å². The van der Waals surface area contributed by atoms with Crippen molar-refractivity contribution in [2.24, 2.45) is 0 Å². The monoisotopic (exact) mass is 479 g/mol. The van der Waals surface area contributed by atoms with Crippen molar-refractivity contribution < 1.29 is 17.9 Å². The molecule has 1 amide bonds. The summed E-state index contributed by atoms with van der Waals surface area (Å²) >= 11 is 0. The summed E-state index contributed by atoms with van der Waals surface area (Å²) in [6, 6.07) is 23.5. The normalized spacial score (nSPS) is 14.1. The van der Waals surface area contributed by atoms with Crippen molar-refractivity contribution in [2.45, 2.75) is 11.8 Å². The van der Waals surface area contributed by atoms with E-state index in [0.29, 0.717) is 37.6 Å². The number of aryl methyl sites for hydroxylation is 1. The molecule has 8 heteroatoms. The van der Waals surface area contributed by atoms with E-state index < -0.39 is 10.0 Å². The highest BCUT2D eigenvalue weighted by Crippen LogP contribution is 2.33. The number of ether oxygens (including phenoxy) is 1. The molecule has 3 aromatic carbocycles. The first-order valence-electron chi connectivity index (χ1n) is 11.2. The number of carbonyl (C=O) groups is 1. The molecule has 0 saturated carbocycles. The Morgan fingerprint density at radius 3 is 2.15 bits per heavy atom. The van der Waals surface area contributed by atoms with E-state index in [1.54, 1.807) is 35.2 Å². The lowest BCUT2D eigenvalue weighted by atomic mass is 10.2. The van der Waals surface area contributed by atoms with Gasteiger partial charge in [-0.05, 0) is 48.9 Å². The lowest BCUT2D eigenvalue weighted by Crippen LogP contribution is -2.52. The molecule has 4 rings (SSSR count). The molecule has 1 aliphatic heterocycles. The lowest BCUT2D eigenvalue weighted by Gasteiger charge is -2.37. The highest BCUT2D eigenvalue weighted by molar-refractivity contribution is 7.92. The molecule has 1 saturated heterocycles. The van der Waals surface area contributed by atoms with Gasteiger partial charge in [0.25, 0.3) is 10.0 Å². The van der Waals surface area contributed by atoms with Gasteiger partial charge in [0.05, 0.1) is 17.7 Å². The smallest absolute Gasteiger partial charge is 0.264 e. The Kier molecular flexibility index (Phi) is 7.07. The second-order valence-corrected chi connectivity index (χ2v) is 10.1. The quantitative estimate of drug-likeness (QED) is 0.518. The molecule has 0 aliphatic carbocycles. The summed E-state index contributed by atoms with van der Waals surface area (Å²) in [5, 5.41) is 0. The van der Waals surface area contributed by atoms with Crippen LogP contribution in [0.2, 0.25) is 0 Å². The molecule has 178 valence electrons. The van der Waals surface area contributed by atoms with E-state index in [1.807, 2.05) is 31.2 Å². The van der Waals surface area contributed by atoms with Crippen LogP contribution in [-0.2, 0) is 14.8 Å². The molecule has 1 heterocycles. The summed E-state index contributed by atoms with van der Waals surface area (Å²) in [5.74, 6) is 0.155. The standard InChI is InChI=1S/C26H29N3O4S/c1-21-13-14-25(33-2)24(19-21)29(34(31,32)23-11-7-4-8-12-23)20-26(30)28-17-15-27(16-18-28)22-9-5-3-6-10-22/h3-14,19H,15-18,20H2,1-2H3. The number of para-hydroxylation sites is 1. The van der Waals surface area contributed by atoms with Gasteiger partial charge in [-0.3, -0.25) is 9.10 Å². The number of anilines is 2. The van der Waals surface area contributed by atoms with Crippen molar-refractivity contribution in [3.05, 3.63) is 84.4 Å². The first-order chi connectivity index (χ1) is 16.4. The summed E-state index contributed by atoms with van der Waals surface area (Å²) < 4.78 is 33.9. The van der Waals surface area contributed by atoms with Gasteiger partial charge in [-0.15, -0.1) is 0 Å². The highest BCUT2D eigenvalue weighted by atomic mass is 32.2. The van der Waals surface area contributed by atoms with Crippen LogP contribution < -0.4 is 13.9 Å². The van der Waals surface area contributed by atoms with Gasteiger partial charge in [0, 0.05) is 31.9 Å². The molecule has 0 aromatic heterocycles. The highest BCUT2D eigenvalue weighted by Gasteiger charge is 2.32. The Bertz CT molecular complexity index is 1230. The van der Waals surface area contributed by atoms with Crippen molar-refractivity contribution in [3.8, 4) is 5.75 Å². The predicted octanol–water partition coefficient (Wildman–Crippen LogP) is 3.55. The summed E-state index contributed by atoms with van der Waals surface area (Å²) in [7, 11) is -2.50. The fraction of sp³-hybridized carbons (Fsp3) is 0.269. The number of amides is 1. The third-order valence-corrected chi connectivity index (χ3v) is 7.74. The minimum absolute atomic E-state index is 0.125. The molecule has 0 bridgehead atoms. The van der Waals surface area contributed by atoms with Crippen molar-refractivity contribution in [1.82, 2.24) is 4.90 Å². The van der Waals surface area contributed by atoms with Gasteiger partial charge < -0.3 is 14.5 Å². The van der Waals surface area contributed by atoms with Gasteiger partial charge in [0.2, 0.25) is 5.91 Å². The van der Waals surface area contributed by atoms with Gasteiger partial charge >= 0.3 is 0 Å². The number of nitrogens with zero attached hydrogens (tertiary/aromatic N) is 3. The van der Waals surface area contributed by atoms with E-state index in [2.05, 4.69) is 17.0 Å². The third kappa shape index (κ3) is 5.02. The van der Waals surface area contributed by atoms with Gasteiger partial charge in [0.1, 0.15) is 12.3 Å². The molecular weight excluding hydrogens is 450 g/mol. The minimum Gasteiger partial charge on any atom is -0.495 e. The Morgan fingerprint density at radius 2 is 1.53 bits per heavy atom. The second-order valence-electron chi connectivity index (χ2n) is 8.20. The average Bonchev–Trinajstić information content (AvgIpc) is 2.88. The van der Waals surface area contributed by atoms with Gasteiger partial charge in [-0.2, -0.15) is 0 Å². The van der Waals surface area contributed by atoms with Crippen molar-refractivity contribution in [3.63, 3.8) is 0 Å². The van der Waals surface area contributed by atoms with Crippen molar-refractivity contribution in [2.75, 3.05) is 49.0 Å². The van der Waals surface area contributed by atoms with Crippen LogP contribution in [0.5, 0.6) is 5.75 Å². The van der Waals surface area contributed by atoms with E-state index in [9.17, 15) is 13.2 Å². The van der Waals surface area contributed by atoms with E-state index in [-0.39, 0.29) is 17.3 Å². The van der Waals surface area contributed by atoms with Gasteiger partial charge in [-0.1, -0.05) is 42.5 Å². The maximum absolute atomic E-state index is 13.7. The maximum atomic E-state index is 13.7. The molecule has 0 atom stereocenters. The van der Waals surface area contributed by atoms with E-state index in [0.717, 1.165) is 11.3 Å². The zero-order valence-electron chi connectivity index (χ0n) is 19.4. The number of benzene rings is 3. The van der Waals surface area contributed by atoms with Crippen LogP contribution >= 0.6 is 0 Å². The fourth-order valence-electron chi connectivity index (χ4n) is 4.09. The first kappa shape index (κ1) is 23.6. The Hall–Kier alpha value is -3.52. The first-order valence-corrected chi connectivity index (χ1v) is 12.6. The molecule has 34 heavy (non-hydrogen) atoms. The van der Waals surface area contributed by atoms with Crippen LogP contribution in [0.25, 0.3) is 0 Å². The Morgan fingerprint density at radius 1 is 0.912 bits per heavy atom. The molecular formula is C26H29N3O4S. The van der Waals surface area contributed by atoms with Crippen LogP contribution in [0.1, 0.15) is 5.56 Å².